The minimum atomic E-state index is -2.91. The number of sulfone groups is 1. The van der Waals surface area contributed by atoms with Crippen molar-refractivity contribution >= 4 is 15.8 Å². The normalized spacial score (nSPS) is 21.3. The second-order valence-electron chi connectivity index (χ2n) is 5.78. The van der Waals surface area contributed by atoms with Crippen molar-refractivity contribution in [3.63, 3.8) is 0 Å². The standard InChI is InChI=1S/C13H25NO4S/c1-10(2)7-11(9-14)8-13(15)18-12-3-5-19(16,17)6-4-12/h10-12H,3-9,14H2,1-2H3/t11-/m0/s1. The van der Waals surface area contributed by atoms with Crippen LogP contribution in [0.15, 0.2) is 0 Å². The van der Waals surface area contributed by atoms with Crippen molar-refractivity contribution in [2.24, 2.45) is 17.6 Å². The van der Waals surface area contributed by atoms with Crippen LogP contribution in [-0.4, -0.2) is 38.5 Å². The SMILES string of the molecule is CC(C)C[C@H](CN)CC(=O)OC1CCS(=O)(=O)CC1. The van der Waals surface area contributed by atoms with E-state index in [1.54, 1.807) is 0 Å². The third-order valence-corrected chi connectivity index (χ3v) is 5.11. The van der Waals surface area contributed by atoms with Crippen molar-refractivity contribution in [1.82, 2.24) is 0 Å². The molecule has 0 aromatic carbocycles. The van der Waals surface area contributed by atoms with Gasteiger partial charge in [-0.2, -0.15) is 0 Å². The van der Waals surface area contributed by atoms with E-state index >= 15 is 0 Å². The molecule has 1 aliphatic rings. The van der Waals surface area contributed by atoms with E-state index in [0.717, 1.165) is 6.42 Å². The average molecular weight is 291 g/mol. The molecule has 0 aromatic rings. The van der Waals surface area contributed by atoms with E-state index in [4.69, 9.17) is 10.5 Å². The first kappa shape index (κ1) is 16.4. The lowest BCUT2D eigenvalue weighted by atomic mass is 9.94. The van der Waals surface area contributed by atoms with Crippen LogP contribution < -0.4 is 5.73 Å². The van der Waals surface area contributed by atoms with Gasteiger partial charge < -0.3 is 10.5 Å². The predicted molar refractivity (Wildman–Crippen MR) is 74.4 cm³/mol. The summed E-state index contributed by atoms with van der Waals surface area (Å²) in [5.41, 5.74) is 5.65. The Labute approximate surface area is 115 Å². The lowest BCUT2D eigenvalue weighted by Gasteiger charge is -2.23. The molecule has 0 spiro atoms. The Morgan fingerprint density at radius 3 is 2.37 bits per heavy atom. The van der Waals surface area contributed by atoms with Crippen LogP contribution in [0.25, 0.3) is 0 Å². The number of hydrogen-bond acceptors (Lipinski definition) is 5. The zero-order valence-electron chi connectivity index (χ0n) is 11.8. The highest BCUT2D eigenvalue weighted by Crippen LogP contribution is 2.19. The molecular formula is C13H25NO4S. The summed E-state index contributed by atoms with van der Waals surface area (Å²) >= 11 is 0. The molecule has 19 heavy (non-hydrogen) atoms. The van der Waals surface area contributed by atoms with Crippen molar-refractivity contribution in [2.75, 3.05) is 18.1 Å². The lowest BCUT2D eigenvalue weighted by molar-refractivity contribution is -0.150. The maximum atomic E-state index is 11.8. The molecule has 1 atom stereocenters. The smallest absolute Gasteiger partial charge is 0.306 e. The van der Waals surface area contributed by atoms with Crippen LogP contribution in [-0.2, 0) is 19.4 Å². The molecule has 1 saturated heterocycles. The van der Waals surface area contributed by atoms with Gasteiger partial charge >= 0.3 is 5.97 Å². The van der Waals surface area contributed by atoms with Gasteiger partial charge in [-0.05, 0) is 37.6 Å². The molecule has 0 radical (unpaired) electrons. The molecule has 0 aromatic heterocycles. The maximum absolute atomic E-state index is 11.8. The first-order valence-corrected chi connectivity index (χ1v) is 8.74. The molecule has 1 fully saturated rings. The topological polar surface area (TPSA) is 86.5 Å². The number of esters is 1. The fraction of sp³-hybridized carbons (Fsp3) is 0.923. The molecule has 0 amide bonds. The largest absolute Gasteiger partial charge is 0.462 e. The molecule has 112 valence electrons. The van der Waals surface area contributed by atoms with Gasteiger partial charge in [0, 0.05) is 6.42 Å². The minimum Gasteiger partial charge on any atom is -0.462 e. The van der Waals surface area contributed by atoms with Crippen LogP contribution in [0.2, 0.25) is 0 Å². The van der Waals surface area contributed by atoms with Gasteiger partial charge in [0.25, 0.3) is 0 Å². The molecule has 0 unspecified atom stereocenters. The Kier molecular flexibility index (Phi) is 6.26. The Hall–Kier alpha value is -0.620. The molecule has 5 nitrogen and oxygen atoms in total. The summed E-state index contributed by atoms with van der Waals surface area (Å²) in [6.07, 6.45) is 1.84. The zero-order valence-corrected chi connectivity index (χ0v) is 12.6. The number of ether oxygens (including phenoxy) is 1. The van der Waals surface area contributed by atoms with Crippen molar-refractivity contribution in [3.05, 3.63) is 0 Å². The summed E-state index contributed by atoms with van der Waals surface area (Å²) in [7, 11) is -2.91. The number of carbonyl (C=O) groups is 1. The second kappa shape index (κ2) is 7.24. The maximum Gasteiger partial charge on any atom is 0.306 e. The molecule has 2 N–H and O–H groups in total. The van der Waals surface area contributed by atoms with E-state index in [0.29, 0.717) is 31.7 Å². The number of nitrogens with two attached hydrogens (primary N) is 1. The van der Waals surface area contributed by atoms with Crippen LogP contribution in [0.3, 0.4) is 0 Å². The molecule has 1 rings (SSSR count). The predicted octanol–water partition coefficient (Wildman–Crippen LogP) is 1.12. The number of hydrogen-bond donors (Lipinski definition) is 1. The number of carbonyl (C=O) groups excluding carboxylic acids is 1. The summed E-state index contributed by atoms with van der Waals surface area (Å²) in [5, 5.41) is 0. The highest BCUT2D eigenvalue weighted by atomic mass is 32.2. The van der Waals surface area contributed by atoms with E-state index < -0.39 is 9.84 Å². The van der Waals surface area contributed by atoms with Gasteiger partial charge in [-0.25, -0.2) is 8.42 Å². The Morgan fingerprint density at radius 2 is 1.89 bits per heavy atom. The van der Waals surface area contributed by atoms with Gasteiger partial charge in [0.1, 0.15) is 6.10 Å². The van der Waals surface area contributed by atoms with Crippen LogP contribution >= 0.6 is 0 Å². The second-order valence-corrected chi connectivity index (χ2v) is 8.08. The highest BCUT2D eigenvalue weighted by Gasteiger charge is 2.26. The van der Waals surface area contributed by atoms with Crippen LogP contribution in [0.5, 0.6) is 0 Å². The van der Waals surface area contributed by atoms with Crippen LogP contribution in [0, 0.1) is 11.8 Å². The van der Waals surface area contributed by atoms with Crippen molar-refractivity contribution < 1.29 is 17.9 Å². The minimum absolute atomic E-state index is 0.122. The van der Waals surface area contributed by atoms with Crippen molar-refractivity contribution in [1.29, 1.82) is 0 Å². The Morgan fingerprint density at radius 1 is 1.32 bits per heavy atom. The van der Waals surface area contributed by atoms with Gasteiger partial charge in [0.05, 0.1) is 11.5 Å². The fourth-order valence-electron chi connectivity index (χ4n) is 2.39. The quantitative estimate of drug-likeness (QED) is 0.741. The van der Waals surface area contributed by atoms with E-state index in [9.17, 15) is 13.2 Å². The van der Waals surface area contributed by atoms with E-state index in [1.807, 2.05) is 0 Å². The lowest BCUT2D eigenvalue weighted by Crippen LogP contribution is -2.31. The Balaban J connectivity index is 2.35. The van der Waals surface area contributed by atoms with Crippen LogP contribution in [0.1, 0.15) is 39.5 Å². The van der Waals surface area contributed by atoms with E-state index in [-0.39, 0.29) is 29.5 Å². The molecule has 6 heteroatoms. The first-order chi connectivity index (χ1) is 8.82. The van der Waals surface area contributed by atoms with Crippen molar-refractivity contribution in [3.8, 4) is 0 Å². The molecule has 1 aliphatic heterocycles. The fourth-order valence-corrected chi connectivity index (χ4v) is 3.83. The average Bonchev–Trinajstić information content (AvgIpc) is 2.30. The summed E-state index contributed by atoms with van der Waals surface area (Å²) in [5.74, 6) is 0.649. The van der Waals surface area contributed by atoms with E-state index in [2.05, 4.69) is 13.8 Å². The van der Waals surface area contributed by atoms with Gasteiger partial charge in [-0.1, -0.05) is 13.8 Å². The summed E-state index contributed by atoms with van der Waals surface area (Å²) in [4.78, 5) is 11.8. The third kappa shape index (κ3) is 6.38. The van der Waals surface area contributed by atoms with Gasteiger partial charge in [0.2, 0.25) is 0 Å². The Bertz CT molecular complexity index is 377. The van der Waals surface area contributed by atoms with Gasteiger partial charge in [0.15, 0.2) is 9.84 Å². The number of rotatable bonds is 6. The van der Waals surface area contributed by atoms with Crippen molar-refractivity contribution in [2.45, 2.75) is 45.6 Å². The van der Waals surface area contributed by atoms with E-state index in [1.165, 1.54) is 0 Å². The third-order valence-electron chi connectivity index (χ3n) is 3.39. The summed E-state index contributed by atoms with van der Waals surface area (Å²) < 4.78 is 27.9. The summed E-state index contributed by atoms with van der Waals surface area (Å²) in [6.45, 7) is 4.67. The summed E-state index contributed by atoms with van der Waals surface area (Å²) in [6, 6.07) is 0. The molecule has 0 bridgehead atoms. The first-order valence-electron chi connectivity index (χ1n) is 6.92. The molecule has 1 heterocycles. The molecular weight excluding hydrogens is 266 g/mol. The zero-order chi connectivity index (χ0) is 14.5. The molecule has 0 saturated carbocycles. The van der Waals surface area contributed by atoms with Gasteiger partial charge in [-0.15, -0.1) is 0 Å². The van der Waals surface area contributed by atoms with Gasteiger partial charge in [-0.3, -0.25) is 4.79 Å². The molecule has 0 aliphatic carbocycles. The highest BCUT2D eigenvalue weighted by molar-refractivity contribution is 7.91. The van der Waals surface area contributed by atoms with Crippen LogP contribution in [0.4, 0.5) is 0 Å². The monoisotopic (exact) mass is 291 g/mol.